The molecule has 1 unspecified atom stereocenters. The zero-order valence-electron chi connectivity index (χ0n) is 17.7. The third-order valence-electron chi connectivity index (χ3n) is 6.60. The van der Waals surface area contributed by atoms with E-state index in [2.05, 4.69) is 27.8 Å². The van der Waals surface area contributed by atoms with Crippen LogP contribution >= 0.6 is 0 Å². The molecule has 0 radical (unpaired) electrons. The molecule has 1 aliphatic carbocycles. The monoisotopic (exact) mass is 442 g/mol. The fraction of sp³-hybridized carbons (Fsp3) is 0.522. The van der Waals surface area contributed by atoms with Crippen LogP contribution in [0.2, 0.25) is 0 Å². The van der Waals surface area contributed by atoms with E-state index in [-0.39, 0.29) is 24.9 Å². The fourth-order valence-electron chi connectivity index (χ4n) is 4.85. The Hall–Kier alpha value is -2.43. The molecule has 5 rings (SSSR count). The molecule has 3 heterocycles. The lowest BCUT2D eigenvalue weighted by Crippen LogP contribution is -2.48. The molecule has 1 aromatic rings. The Labute approximate surface area is 187 Å². The van der Waals surface area contributed by atoms with E-state index in [4.69, 9.17) is 9.47 Å². The molecule has 0 aromatic heterocycles. The number of hydrogen-bond acceptors (Lipinski definition) is 9. The van der Waals surface area contributed by atoms with Crippen molar-refractivity contribution in [2.24, 2.45) is 4.99 Å². The van der Waals surface area contributed by atoms with Gasteiger partial charge in [-0.15, -0.1) is 0 Å². The average Bonchev–Trinajstić information content (AvgIpc) is 3.52. The number of ether oxygens (including phenoxy) is 2. The van der Waals surface area contributed by atoms with Gasteiger partial charge in [0.25, 0.3) is 0 Å². The fourth-order valence-corrected chi connectivity index (χ4v) is 4.85. The van der Waals surface area contributed by atoms with E-state index in [1.54, 1.807) is 11.2 Å². The summed E-state index contributed by atoms with van der Waals surface area (Å²) in [5.74, 6) is 0.857. The maximum atomic E-state index is 10.4. The summed E-state index contributed by atoms with van der Waals surface area (Å²) >= 11 is 0. The third kappa shape index (κ3) is 4.02. The number of nitrogens with zero attached hydrogens (tertiary/aromatic N) is 2. The molecule has 1 saturated carbocycles. The second kappa shape index (κ2) is 9.21. The highest BCUT2D eigenvalue weighted by Crippen LogP contribution is 2.34. The van der Waals surface area contributed by atoms with E-state index in [9.17, 15) is 15.3 Å². The molecule has 172 valence electrons. The molecular weight excluding hydrogens is 412 g/mol. The second-order valence-electron chi connectivity index (χ2n) is 8.64. The van der Waals surface area contributed by atoms with Gasteiger partial charge in [0.2, 0.25) is 0 Å². The molecule has 4 aliphatic rings. The van der Waals surface area contributed by atoms with E-state index in [1.165, 1.54) is 0 Å². The zero-order chi connectivity index (χ0) is 22.1. The van der Waals surface area contributed by atoms with Gasteiger partial charge in [-0.2, -0.15) is 0 Å². The highest BCUT2D eigenvalue weighted by Gasteiger charge is 2.48. The molecule has 1 saturated heterocycles. The van der Waals surface area contributed by atoms with Crippen LogP contribution in [0.5, 0.6) is 0 Å². The molecule has 2 fully saturated rings. The van der Waals surface area contributed by atoms with Gasteiger partial charge in [-0.1, -0.05) is 30.3 Å². The van der Waals surface area contributed by atoms with Gasteiger partial charge in [-0.05, 0) is 30.9 Å². The van der Waals surface area contributed by atoms with E-state index in [0.29, 0.717) is 6.61 Å². The SMILES string of the molecule is OC[C@H]1O[C@@H](N2C=CC3=C(N[C@H]4CCC[C@H]4OCc4ccccc4)NC=NC32)[C@H](O)[C@@H]1O. The van der Waals surface area contributed by atoms with Crippen LogP contribution in [0.25, 0.3) is 0 Å². The van der Waals surface area contributed by atoms with E-state index in [1.807, 2.05) is 30.5 Å². The minimum absolute atomic E-state index is 0.115. The van der Waals surface area contributed by atoms with Crippen LogP contribution in [-0.2, 0) is 16.1 Å². The first-order valence-electron chi connectivity index (χ1n) is 11.2. The number of nitrogens with one attached hydrogen (secondary N) is 2. The molecule has 5 N–H and O–H groups in total. The van der Waals surface area contributed by atoms with Crippen molar-refractivity contribution in [1.82, 2.24) is 15.5 Å². The molecule has 9 nitrogen and oxygen atoms in total. The Morgan fingerprint density at radius 1 is 1.19 bits per heavy atom. The van der Waals surface area contributed by atoms with Crippen molar-refractivity contribution in [3.05, 3.63) is 59.6 Å². The Morgan fingerprint density at radius 2 is 2.03 bits per heavy atom. The summed E-state index contributed by atoms with van der Waals surface area (Å²) in [5.41, 5.74) is 2.09. The van der Waals surface area contributed by atoms with Crippen LogP contribution in [0.4, 0.5) is 0 Å². The number of aliphatic imine (C=N–C) groups is 1. The Kier molecular flexibility index (Phi) is 6.16. The Bertz CT molecular complexity index is 892. The summed E-state index contributed by atoms with van der Waals surface area (Å²) in [6, 6.07) is 10.4. The van der Waals surface area contributed by atoms with Crippen molar-refractivity contribution >= 4 is 6.34 Å². The van der Waals surface area contributed by atoms with Gasteiger partial charge in [-0.25, -0.2) is 4.99 Å². The molecule has 0 spiro atoms. The highest BCUT2D eigenvalue weighted by molar-refractivity contribution is 5.62. The van der Waals surface area contributed by atoms with Crippen molar-refractivity contribution in [2.45, 2.75) is 68.7 Å². The van der Waals surface area contributed by atoms with E-state index < -0.39 is 24.5 Å². The summed E-state index contributed by atoms with van der Waals surface area (Å²) in [4.78, 5) is 6.28. The molecule has 3 aliphatic heterocycles. The lowest BCUT2D eigenvalue weighted by Gasteiger charge is -2.33. The summed E-state index contributed by atoms with van der Waals surface area (Å²) in [6.07, 6.45) is 4.35. The van der Waals surface area contributed by atoms with Crippen LogP contribution < -0.4 is 10.6 Å². The Balaban J connectivity index is 1.26. The predicted octanol–water partition coefficient (Wildman–Crippen LogP) is 0.151. The predicted molar refractivity (Wildman–Crippen MR) is 117 cm³/mol. The van der Waals surface area contributed by atoms with Crippen LogP contribution in [0.1, 0.15) is 24.8 Å². The molecular formula is C23H30N4O5. The van der Waals surface area contributed by atoms with Crippen molar-refractivity contribution in [3.8, 4) is 0 Å². The highest BCUT2D eigenvalue weighted by atomic mass is 16.6. The first-order valence-corrected chi connectivity index (χ1v) is 11.2. The van der Waals surface area contributed by atoms with Gasteiger partial charge in [0.1, 0.15) is 24.1 Å². The number of fused-ring (bicyclic) bond motifs is 1. The summed E-state index contributed by atoms with van der Waals surface area (Å²) in [7, 11) is 0. The summed E-state index contributed by atoms with van der Waals surface area (Å²) in [5, 5.41) is 36.7. The molecule has 0 bridgehead atoms. The maximum absolute atomic E-state index is 10.4. The van der Waals surface area contributed by atoms with Gasteiger partial charge < -0.3 is 40.3 Å². The summed E-state index contributed by atoms with van der Waals surface area (Å²) < 4.78 is 11.9. The van der Waals surface area contributed by atoms with Crippen LogP contribution in [-0.4, -0.2) is 76.0 Å². The minimum Gasteiger partial charge on any atom is -0.394 e. The maximum Gasteiger partial charge on any atom is 0.161 e. The zero-order valence-corrected chi connectivity index (χ0v) is 17.7. The van der Waals surface area contributed by atoms with Crippen LogP contribution in [0.15, 0.2) is 59.0 Å². The topological polar surface area (TPSA) is 119 Å². The Morgan fingerprint density at radius 3 is 2.81 bits per heavy atom. The summed E-state index contributed by atoms with van der Waals surface area (Å²) in [6.45, 7) is 0.232. The van der Waals surface area contributed by atoms with Crippen LogP contribution in [0, 0.1) is 0 Å². The smallest absolute Gasteiger partial charge is 0.161 e. The molecule has 9 heteroatoms. The molecule has 0 amide bonds. The van der Waals surface area contributed by atoms with Gasteiger partial charge in [0.05, 0.1) is 31.7 Å². The number of aliphatic hydroxyl groups is 3. The van der Waals surface area contributed by atoms with Crippen molar-refractivity contribution in [3.63, 3.8) is 0 Å². The van der Waals surface area contributed by atoms with Gasteiger partial charge >= 0.3 is 0 Å². The largest absolute Gasteiger partial charge is 0.394 e. The standard InChI is InChI=1S/C23H30N4O5/c28-11-18-19(29)20(30)23(32-18)27-10-9-15-21(24-13-25-22(15)27)26-16-7-4-8-17(16)31-12-14-5-2-1-3-6-14/h1-3,5-6,9-10,13,16-20,22-23,26,28-30H,4,7-8,11-12H2,(H,24,25)/t16-,17+,18+,19+,20+,22?,23+/m0/s1. The van der Waals surface area contributed by atoms with Crippen LogP contribution in [0.3, 0.4) is 0 Å². The van der Waals surface area contributed by atoms with E-state index >= 15 is 0 Å². The number of rotatable bonds is 7. The lowest BCUT2D eigenvalue weighted by atomic mass is 10.1. The minimum atomic E-state index is -1.14. The number of hydrogen-bond donors (Lipinski definition) is 5. The lowest BCUT2D eigenvalue weighted by molar-refractivity contribution is -0.0853. The quantitative estimate of drug-likeness (QED) is 0.405. The average molecular weight is 443 g/mol. The molecule has 1 aromatic carbocycles. The normalized spacial score (nSPS) is 36.0. The van der Waals surface area contributed by atoms with Crippen molar-refractivity contribution in [2.75, 3.05) is 6.61 Å². The molecule has 32 heavy (non-hydrogen) atoms. The number of aliphatic hydroxyl groups excluding tert-OH is 3. The first kappa shape index (κ1) is 21.4. The van der Waals surface area contributed by atoms with Gasteiger partial charge in [-0.3, -0.25) is 0 Å². The van der Waals surface area contributed by atoms with Gasteiger partial charge in [0, 0.05) is 11.8 Å². The van der Waals surface area contributed by atoms with Crippen molar-refractivity contribution < 1.29 is 24.8 Å². The number of benzene rings is 1. The van der Waals surface area contributed by atoms with Crippen molar-refractivity contribution in [1.29, 1.82) is 0 Å². The first-order chi connectivity index (χ1) is 15.7. The molecule has 7 atom stereocenters. The van der Waals surface area contributed by atoms with E-state index in [0.717, 1.165) is 36.2 Å². The second-order valence-corrected chi connectivity index (χ2v) is 8.64. The third-order valence-corrected chi connectivity index (χ3v) is 6.60. The van der Waals surface area contributed by atoms with Gasteiger partial charge in [0.15, 0.2) is 12.4 Å².